The average molecular weight is 1650 g/mol. The number of fused-ring (bicyclic) bond motifs is 5. The number of nitrogens with one attached hydrogen (secondary N) is 5. The molecule has 15 N–H and O–H groups in total. The van der Waals surface area contributed by atoms with E-state index in [0.29, 0.717) is 123 Å². The number of halogens is 2. The molecule has 13 heterocycles. The van der Waals surface area contributed by atoms with Crippen molar-refractivity contribution in [2.45, 2.75) is 4.90 Å². The highest BCUT2D eigenvalue weighted by atomic mass is 35.5. The van der Waals surface area contributed by atoms with E-state index in [9.17, 15) is 27.2 Å². The second-order valence-electron chi connectivity index (χ2n) is 24.5. The van der Waals surface area contributed by atoms with Crippen LogP contribution in [-0.4, -0.2) is 125 Å². The molecular formula is C76H58ClFN30O5S4. The maximum absolute atomic E-state index is 13.1. The van der Waals surface area contributed by atoms with E-state index >= 15 is 0 Å². The summed E-state index contributed by atoms with van der Waals surface area (Å²) >= 11 is 9.99. The molecule has 0 bridgehead atoms. The van der Waals surface area contributed by atoms with Gasteiger partial charge in [-0.2, -0.15) is 48.2 Å². The number of nitrogens with two attached hydrogens (primary N) is 5. The molecule has 0 aliphatic carbocycles. The van der Waals surface area contributed by atoms with Gasteiger partial charge in [0.1, 0.15) is 66.5 Å². The van der Waals surface area contributed by atoms with E-state index < -0.39 is 15.8 Å². The van der Waals surface area contributed by atoms with Gasteiger partial charge in [0, 0.05) is 39.1 Å². The van der Waals surface area contributed by atoms with Gasteiger partial charge in [0.05, 0.1) is 107 Å². The fraction of sp³-hybridized carbons (Fsp3) is 0. The van der Waals surface area contributed by atoms with Crippen LogP contribution in [0, 0.1) is 5.82 Å². The number of urea groups is 1. The number of nitrogen functional groups attached to an aromatic ring is 5. The first-order valence-corrected chi connectivity index (χ1v) is 38.9. The third kappa shape index (κ3) is 17.4. The summed E-state index contributed by atoms with van der Waals surface area (Å²) in [6.07, 6.45) is 15.0. The molecule has 0 spiro atoms. The van der Waals surface area contributed by atoms with Gasteiger partial charge in [-0.05, 0) is 156 Å². The molecule has 0 unspecified atom stereocenters. The van der Waals surface area contributed by atoms with E-state index in [1.54, 1.807) is 127 Å². The Balaban J connectivity index is 0.000000115. The molecule has 580 valence electrons. The fourth-order valence-corrected chi connectivity index (χ4v) is 14.7. The molecule has 13 aromatic heterocycles. The Morgan fingerprint density at radius 3 is 1.21 bits per heavy atom. The number of anilines is 10. The molecule has 19 aromatic rings. The minimum atomic E-state index is -3.58. The summed E-state index contributed by atoms with van der Waals surface area (Å²) in [7, 11) is -3.58. The fourth-order valence-electron chi connectivity index (χ4n) is 11.3. The smallest absolute Gasteiger partial charge is 0.323 e. The van der Waals surface area contributed by atoms with Gasteiger partial charge in [-0.1, -0.05) is 41.9 Å². The number of sulfonamides is 1. The van der Waals surface area contributed by atoms with Crippen LogP contribution < -0.4 is 54.7 Å². The number of rotatable bonds is 14. The molecule has 0 aliphatic heterocycles. The highest BCUT2D eigenvalue weighted by Crippen LogP contribution is 2.29. The Morgan fingerprint density at radius 1 is 0.376 bits per heavy atom. The molecule has 0 saturated carbocycles. The van der Waals surface area contributed by atoms with Crippen LogP contribution in [0.1, 0.15) is 20.0 Å². The van der Waals surface area contributed by atoms with Gasteiger partial charge in [-0.3, -0.25) is 14.3 Å². The Morgan fingerprint density at radius 2 is 0.786 bits per heavy atom. The number of nitrogens with zero attached hydrogens (tertiary/aromatic N) is 20. The minimum Gasteiger partial charge on any atom is -0.383 e. The van der Waals surface area contributed by atoms with Crippen molar-refractivity contribution in [3.8, 4) is 28.4 Å². The first kappa shape index (κ1) is 76.7. The van der Waals surface area contributed by atoms with E-state index in [4.69, 9.17) is 40.3 Å². The lowest BCUT2D eigenvalue weighted by molar-refractivity contribution is 0.102. The predicted molar refractivity (Wildman–Crippen MR) is 449 cm³/mol. The molecule has 0 aliphatic rings. The number of aromatic nitrogens is 20. The largest absolute Gasteiger partial charge is 0.383 e. The minimum absolute atomic E-state index is 0.0261. The summed E-state index contributed by atoms with van der Waals surface area (Å²) in [4.78, 5) is 77.9. The van der Waals surface area contributed by atoms with Crippen LogP contribution in [0.3, 0.4) is 0 Å². The van der Waals surface area contributed by atoms with Crippen molar-refractivity contribution < 1.29 is 27.2 Å². The number of carbonyl (C=O) groups is 3. The zero-order valence-electron chi connectivity index (χ0n) is 60.1. The van der Waals surface area contributed by atoms with Crippen LogP contribution >= 0.6 is 45.6 Å². The van der Waals surface area contributed by atoms with E-state index in [-0.39, 0.29) is 27.8 Å². The van der Waals surface area contributed by atoms with E-state index in [1.807, 2.05) is 107 Å². The Kier molecular flexibility index (Phi) is 22.4. The van der Waals surface area contributed by atoms with Crippen LogP contribution in [0.5, 0.6) is 0 Å². The molecule has 6 aromatic carbocycles. The average Bonchev–Trinajstić information content (AvgIpc) is 1.65. The van der Waals surface area contributed by atoms with Crippen molar-refractivity contribution in [3.05, 3.63) is 281 Å². The molecule has 117 heavy (non-hydrogen) atoms. The Labute approximate surface area is 676 Å². The maximum Gasteiger partial charge on any atom is 0.323 e. The normalized spacial score (nSPS) is 11.0. The summed E-state index contributed by atoms with van der Waals surface area (Å²) < 4.78 is 48.3. The van der Waals surface area contributed by atoms with Crippen molar-refractivity contribution in [3.63, 3.8) is 0 Å². The highest BCUT2D eigenvalue weighted by molar-refractivity contribution is 7.92. The van der Waals surface area contributed by atoms with Crippen LogP contribution in [-0.2, 0) is 10.0 Å². The van der Waals surface area contributed by atoms with Crippen molar-refractivity contribution in [2.75, 3.05) is 54.7 Å². The number of hydrogen-bond donors (Lipinski definition) is 10. The molecule has 0 radical (unpaired) electrons. The molecule has 0 fully saturated rings. The molecule has 0 saturated heterocycles. The van der Waals surface area contributed by atoms with E-state index in [1.165, 1.54) is 82.5 Å². The number of benzene rings is 6. The topological polar surface area (TPSA) is 494 Å². The second kappa shape index (κ2) is 34.1. The number of hydrogen-bond acceptors (Lipinski definition) is 28. The van der Waals surface area contributed by atoms with Crippen LogP contribution in [0.2, 0.25) is 5.02 Å². The monoisotopic (exact) mass is 1650 g/mol. The lowest BCUT2D eigenvalue weighted by Gasteiger charge is -2.08. The Hall–Kier alpha value is -15.7. The highest BCUT2D eigenvalue weighted by Gasteiger charge is 2.19. The maximum atomic E-state index is 13.1. The third-order valence-electron chi connectivity index (χ3n) is 16.9. The quantitative estimate of drug-likeness (QED) is 0.0483. The van der Waals surface area contributed by atoms with Crippen LogP contribution in [0.25, 0.3) is 83.6 Å². The summed E-state index contributed by atoms with van der Waals surface area (Å²) in [5, 5.41) is 45.0. The van der Waals surface area contributed by atoms with Crippen molar-refractivity contribution >= 4 is 186 Å². The lowest BCUT2D eigenvalue weighted by Crippen LogP contribution is -2.18. The first-order chi connectivity index (χ1) is 56.9. The van der Waals surface area contributed by atoms with Gasteiger partial charge >= 0.3 is 6.03 Å². The summed E-state index contributed by atoms with van der Waals surface area (Å²) in [6, 6.07) is 48.9. The lowest BCUT2D eigenvalue weighted by atomic mass is 10.2. The number of thiophene rings is 3. The van der Waals surface area contributed by atoms with Gasteiger partial charge in [0.15, 0.2) is 28.2 Å². The summed E-state index contributed by atoms with van der Waals surface area (Å²) in [6.45, 7) is 0. The molecular weight excluding hydrogens is 1600 g/mol. The van der Waals surface area contributed by atoms with E-state index in [2.05, 4.69) is 101 Å². The van der Waals surface area contributed by atoms with Gasteiger partial charge < -0.3 is 49.9 Å². The second-order valence-corrected chi connectivity index (χ2v) is 29.1. The molecule has 35 nitrogen and oxygen atoms in total. The van der Waals surface area contributed by atoms with Crippen molar-refractivity contribution in [1.82, 2.24) is 98.7 Å². The van der Waals surface area contributed by atoms with Gasteiger partial charge in [-0.15, -0.1) is 11.3 Å². The molecule has 41 heteroatoms. The summed E-state index contributed by atoms with van der Waals surface area (Å²) in [5.74, 6) is 1.09. The third-order valence-corrected chi connectivity index (χ3v) is 21.0. The molecule has 0 atom stereocenters. The number of amides is 4. The molecule has 4 amide bonds. The van der Waals surface area contributed by atoms with Crippen LogP contribution in [0.15, 0.2) is 264 Å². The van der Waals surface area contributed by atoms with Crippen LogP contribution in [0.4, 0.5) is 66.7 Å². The number of carbonyl (C=O) groups excluding carboxylic acids is 3. The van der Waals surface area contributed by atoms with Gasteiger partial charge in [-0.25, -0.2) is 90.9 Å². The van der Waals surface area contributed by atoms with Gasteiger partial charge in [0.25, 0.3) is 21.8 Å². The Bertz CT molecular complexity index is 6880. The zero-order chi connectivity index (χ0) is 81.1. The first-order valence-electron chi connectivity index (χ1n) is 34.3. The standard InChI is InChI=1S/C18H14N6O.C16H13N7OS.C16H12N6OS.C15H12N6O2S2.C11H7ClFN5/c19-16-15-10-22-24(17(15)21-11-20-16)14-8-4-7-13(9-14)23-18(25)12-5-2-1-3-6-12;17-14-13-7-20-23(15(13)19-9-18-14)12-3-1-10(2-4-12)21-16(24)22-11-5-6-25-8-11;17-14-12-8-20-22(15(12)19-9-18-14)11-5-3-10(4-6-11)21-16(23)13-2-1-7-24-13;16-14-13-7-19-21(15(13)18-9-17-14)11-3-1-10(2-4-11)20-25(22,23)12-5-6-24-8-12;12-8-3-6(1-2-9(8)13)18-11-7(4-17-18)10(14)15-5-16-11/h1-11H,(H,23,25)(H2,19,20,21);1-9H,(H2,17,18,19)(H2,21,22,24);1-9H,(H,21,23)(H2,17,18,19);1-9,20H,(H2,16,17,18);1-5H,(H2,14,15,16). The zero-order valence-corrected chi connectivity index (χ0v) is 64.1. The van der Waals surface area contributed by atoms with Gasteiger partial charge in [0.2, 0.25) is 0 Å². The van der Waals surface area contributed by atoms with E-state index in [0.717, 1.165) is 28.4 Å². The summed E-state index contributed by atoms with van der Waals surface area (Å²) in [5.41, 5.74) is 39.6. The SMILES string of the molecule is Nc1ncnc2c1cnn2-c1ccc(F)c(Cl)c1.Nc1ncnc2c1cnn2-c1ccc(NC(=O)Nc2ccsc2)cc1.Nc1ncnc2c1cnn2-c1ccc(NC(=O)c2cccs2)cc1.Nc1ncnc2c1cnn2-c1ccc(NS(=O)(=O)c2ccsc2)cc1.Nc1ncnc2c1cnn2-c1cccc(NC(=O)c2ccccc2)c1. The van der Waals surface area contributed by atoms with Crippen molar-refractivity contribution in [2.24, 2.45) is 0 Å². The predicted octanol–water partition coefficient (Wildman–Crippen LogP) is 12.9. The van der Waals surface area contributed by atoms with Crippen molar-refractivity contribution in [1.29, 1.82) is 0 Å². The molecule has 19 rings (SSSR count).